The maximum Gasteiger partial charge on any atom is 0.219 e. The van der Waals surface area contributed by atoms with Crippen molar-refractivity contribution in [2.24, 2.45) is 0 Å². The number of ether oxygens (including phenoxy) is 1. The molecule has 0 aliphatic rings. The van der Waals surface area contributed by atoms with Gasteiger partial charge in [0.15, 0.2) is 0 Å². The standard InChI is InChI=1S/C14H29NO2/c1-3-5-8-11-14(16)15-12-9-6-7-10-13-17-4-2/h3-13H2,1-2H3,(H,15,16). The second-order valence-corrected chi connectivity index (χ2v) is 4.42. The number of rotatable bonds is 12. The monoisotopic (exact) mass is 243 g/mol. The van der Waals surface area contributed by atoms with Crippen molar-refractivity contribution in [1.82, 2.24) is 5.32 Å². The zero-order chi connectivity index (χ0) is 12.8. The number of unbranched alkanes of at least 4 members (excludes halogenated alkanes) is 5. The Bertz CT molecular complexity index is 172. The van der Waals surface area contributed by atoms with Gasteiger partial charge >= 0.3 is 0 Å². The molecule has 0 spiro atoms. The molecule has 0 fully saturated rings. The molecule has 0 saturated carbocycles. The van der Waals surface area contributed by atoms with Crippen LogP contribution in [0, 0.1) is 0 Å². The predicted molar refractivity (Wildman–Crippen MR) is 72.1 cm³/mol. The van der Waals surface area contributed by atoms with Crippen LogP contribution in [0.4, 0.5) is 0 Å². The third kappa shape index (κ3) is 13.4. The maximum atomic E-state index is 11.4. The van der Waals surface area contributed by atoms with Gasteiger partial charge in [-0.15, -0.1) is 0 Å². The molecule has 0 saturated heterocycles. The molecule has 0 atom stereocenters. The molecule has 0 aliphatic heterocycles. The minimum absolute atomic E-state index is 0.216. The summed E-state index contributed by atoms with van der Waals surface area (Å²) in [7, 11) is 0. The fraction of sp³-hybridized carbons (Fsp3) is 0.929. The first-order valence-corrected chi connectivity index (χ1v) is 7.15. The molecule has 0 bridgehead atoms. The largest absolute Gasteiger partial charge is 0.382 e. The third-order valence-electron chi connectivity index (χ3n) is 2.75. The molecular weight excluding hydrogens is 214 g/mol. The first-order chi connectivity index (χ1) is 8.31. The maximum absolute atomic E-state index is 11.4. The smallest absolute Gasteiger partial charge is 0.219 e. The molecule has 0 heterocycles. The molecule has 0 aromatic heterocycles. The van der Waals surface area contributed by atoms with Crippen LogP contribution in [0.5, 0.6) is 0 Å². The molecule has 3 heteroatoms. The molecule has 0 aliphatic carbocycles. The zero-order valence-corrected chi connectivity index (χ0v) is 11.6. The van der Waals surface area contributed by atoms with Crippen LogP contribution >= 0.6 is 0 Å². The van der Waals surface area contributed by atoms with Gasteiger partial charge in [-0.1, -0.05) is 32.6 Å². The third-order valence-corrected chi connectivity index (χ3v) is 2.75. The van der Waals surface area contributed by atoms with Crippen molar-refractivity contribution in [2.45, 2.75) is 65.2 Å². The van der Waals surface area contributed by atoms with Gasteiger partial charge in [0.25, 0.3) is 0 Å². The summed E-state index contributed by atoms with van der Waals surface area (Å²) < 4.78 is 5.26. The van der Waals surface area contributed by atoms with Gasteiger partial charge in [0.05, 0.1) is 0 Å². The average Bonchev–Trinajstić information content (AvgIpc) is 2.33. The minimum Gasteiger partial charge on any atom is -0.382 e. The Labute approximate surface area is 106 Å². The normalized spacial score (nSPS) is 10.5. The predicted octanol–water partition coefficient (Wildman–Crippen LogP) is 3.28. The summed E-state index contributed by atoms with van der Waals surface area (Å²) in [6, 6.07) is 0. The van der Waals surface area contributed by atoms with Gasteiger partial charge < -0.3 is 10.1 Å². The molecule has 1 amide bonds. The van der Waals surface area contributed by atoms with Crippen LogP contribution in [0.1, 0.15) is 65.2 Å². The van der Waals surface area contributed by atoms with Crippen molar-refractivity contribution >= 4 is 5.91 Å². The lowest BCUT2D eigenvalue weighted by atomic mass is 10.2. The van der Waals surface area contributed by atoms with Crippen LogP contribution in [0.15, 0.2) is 0 Å². The van der Waals surface area contributed by atoms with E-state index < -0.39 is 0 Å². The first-order valence-electron chi connectivity index (χ1n) is 7.15. The Hall–Kier alpha value is -0.570. The van der Waals surface area contributed by atoms with Gasteiger partial charge in [0.1, 0.15) is 0 Å². The van der Waals surface area contributed by atoms with E-state index >= 15 is 0 Å². The van der Waals surface area contributed by atoms with E-state index in [9.17, 15) is 4.79 Å². The fourth-order valence-electron chi connectivity index (χ4n) is 1.68. The van der Waals surface area contributed by atoms with Crippen molar-refractivity contribution in [2.75, 3.05) is 19.8 Å². The Morgan fingerprint density at radius 3 is 2.47 bits per heavy atom. The van der Waals surface area contributed by atoms with E-state index in [1.54, 1.807) is 0 Å². The number of carbonyl (C=O) groups excluding carboxylic acids is 1. The van der Waals surface area contributed by atoms with Crippen LogP contribution in [0.25, 0.3) is 0 Å². The second-order valence-electron chi connectivity index (χ2n) is 4.42. The van der Waals surface area contributed by atoms with Gasteiger partial charge in [0, 0.05) is 26.2 Å². The minimum atomic E-state index is 0.216. The Balaban J connectivity index is 3.08. The summed E-state index contributed by atoms with van der Waals surface area (Å²) in [6.07, 6.45) is 8.66. The summed E-state index contributed by atoms with van der Waals surface area (Å²) in [6.45, 7) is 6.70. The van der Waals surface area contributed by atoms with Crippen molar-refractivity contribution in [3.8, 4) is 0 Å². The molecule has 1 N–H and O–H groups in total. The Morgan fingerprint density at radius 1 is 1.00 bits per heavy atom. The lowest BCUT2D eigenvalue weighted by Crippen LogP contribution is -2.23. The quantitative estimate of drug-likeness (QED) is 0.534. The Morgan fingerprint density at radius 2 is 1.76 bits per heavy atom. The first kappa shape index (κ1) is 16.4. The van der Waals surface area contributed by atoms with Crippen molar-refractivity contribution in [3.05, 3.63) is 0 Å². The molecule has 102 valence electrons. The van der Waals surface area contributed by atoms with E-state index in [0.717, 1.165) is 45.4 Å². The van der Waals surface area contributed by atoms with E-state index in [-0.39, 0.29) is 5.91 Å². The molecule has 17 heavy (non-hydrogen) atoms. The molecule has 0 unspecified atom stereocenters. The van der Waals surface area contributed by atoms with E-state index in [1.165, 1.54) is 19.3 Å². The van der Waals surface area contributed by atoms with E-state index in [1.807, 2.05) is 6.92 Å². The van der Waals surface area contributed by atoms with Gasteiger partial charge in [0.2, 0.25) is 5.91 Å². The van der Waals surface area contributed by atoms with E-state index in [4.69, 9.17) is 4.74 Å². The Kier molecular flexibility index (Phi) is 13.0. The second kappa shape index (κ2) is 13.5. The number of nitrogens with one attached hydrogen (secondary N) is 1. The summed E-state index contributed by atoms with van der Waals surface area (Å²) in [4.78, 5) is 11.4. The van der Waals surface area contributed by atoms with Gasteiger partial charge in [-0.3, -0.25) is 4.79 Å². The number of carbonyl (C=O) groups is 1. The topological polar surface area (TPSA) is 38.3 Å². The summed E-state index contributed by atoms with van der Waals surface area (Å²) >= 11 is 0. The van der Waals surface area contributed by atoms with E-state index in [2.05, 4.69) is 12.2 Å². The lowest BCUT2D eigenvalue weighted by molar-refractivity contribution is -0.121. The number of hydrogen-bond donors (Lipinski definition) is 1. The van der Waals surface area contributed by atoms with Crippen LogP contribution in [-0.4, -0.2) is 25.7 Å². The number of amides is 1. The molecule has 0 radical (unpaired) electrons. The highest BCUT2D eigenvalue weighted by atomic mass is 16.5. The van der Waals surface area contributed by atoms with Crippen LogP contribution in [-0.2, 0) is 9.53 Å². The highest BCUT2D eigenvalue weighted by Gasteiger charge is 1.99. The molecular formula is C14H29NO2. The van der Waals surface area contributed by atoms with Gasteiger partial charge in [-0.2, -0.15) is 0 Å². The zero-order valence-electron chi connectivity index (χ0n) is 11.6. The van der Waals surface area contributed by atoms with Crippen LogP contribution in [0.3, 0.4) is 0 Å². The highest BCUT2D eigenvalue weighted by molar-refractivity contribution is 5.75. The van der Waals surface area contributed by atoms with E-state index in [0.29, 0.717) is 6.42 Å². The van der Waals surface area contributed by atoms with Crippen molar-refractivity contribution < 1.29 is 9.53 Å². The molecule has 0 rings (SSSR count). The molecule has 0 aromatic carbocycles. The lowest BCUT2D eigenvalue weighted by Gasteiger charge is -2.05. The fourth-order valence-corrected chi connectivity index (χ4v) is 1.68. The van der Waals surface area contributed by atoms with Crippen molar-refractivity contribution in [1.29, 1.82) is 0 Å². The SMILES string of the molecule is CCCCCC(=O)NCCCCCCOCC. The van der Waals surface area contributed by atoms with Gasteiger partial charge in [-0.25, -0.2) is 0 Å². The van der Waals surface area contributed by atoms with Crippen molar-refractivity contribution in [3.63, 3.8) is 0 Å². The van der Waals surface area contributed by atoms with Gasteiger partial charge in [-0.05, 0) is 26.2 Å². The summed E-state index contributed by atoms with van der Waals surface area (Å²) in [5, 5.41) is 2.97. The average molecular weight is 243 g/mol. The highest BCUT2D eigenvalue weighted by Crippen LogP contribution is 2.00. The van der Waals surface area contributed by atoms with Crippen LogP contribution in [0.2, 0.25) is 0 Å². The van der Waals surface area contributed by atoms with Crippen LogP contribution < -0.4 is 5.32 Å². The summed E-state index contributed by atoms with van der Waals surface area (Å²) in [5.41, 5.74) is 0. The molecule has 3 nitrogen and oxygen atoms in total. The summed E-state index contributed by atoms with van der Waals surface area (Å²) in [5.74, 6) is 0.216. The molecule has 0 aromatic rings. The number of hydrogen-bond acceptors (Lipinski definition) is 2.